The molecule has 6 bridgehead atoms. The second kappa shape index (κ2) is 18.2. The first-order chi connectivity index (χ1) is 31.5. The number of amides is 4. The van der Waals surface area contributed by atoms with Crippen LogP contribution in [0.1, 0.15) is 83.2 Å². The summed E-state index contributed by atoms with van der Waals surface area (Å²) < 4.78 is 19.8. The van der Waals surface area contributed by atoms with Gasteiger partial charge >= 0.3 is 12.1 Å². The van der Waals surface area contributed by atoms with Crippen molar-refractivity contribution in [2.24, 2.45) is 17.3 Å². The lowest BCUT2D eigenvalue weighted by Crippen LogP contribution is -2.61. The summed E-state index contributed by atoms with van der Waals surface area (Å²) in [6, 6.07) is 13.3. The number of hydrogen-bond acceptors (Lipinski definition) is 11. The Morgan fingerprint density at radius 2 is 1.83 bits per heavy atom. The molecule has 3 aliphatic heterocycles. The Bertz CT molecular complexity index is 2630. The number of likely N-dealkylation sites (N-methyl/N-ethyl adjacent to an activating group) is 1. The fourth-order valence-corrected chi connectivity index (χ4v) is 10.7. The van der Waals surface area contributed by atoms with Crippen molar-refractivity contribution >= 4 is 40.7 Å². The predicted molar refractivity (Wildman–Crippen MR) is 246 cm³/mol. The molecule has 0 radical (unpaired) electrons. The Labute approximate surface area is 385 Å². The number of rotatable bonds is 6. The molecular formula is C50H61N7O9. The van der Waals surface area contributed by atoms with E-state index in [0.29, 0.717) is 42.6 Å². The third kappa shape index (κ3) is 8.29. The van der Waals surface area contributed by atoms with Gasteiger partial charge in [-0.1, -0.05) is 32.9 Å². The van der Waals surface area contributed by atoms with Crippen LogP contribution in [0.3, 0.4) is 0 Å². The third-order valence-corrected chi connectivity index (χ3v) is 13.9. The number of nitrogens with one attached hydrogen (secondary N) is 2. The quantitative estimate of drug-likeness (QED) is 0.151. The van der Waals surface area contributed by atoms with Crippen LogP contribution in [0.15, 0.2) is 66.0 Å². The van der Waals surface area contributed by atoms with Gasteiger partial charge in [-0.15, -0.1) is 0 Å². The fourth-order valence-electron chi connectivity index (χ4n) is 10.7. The second-order valence-corrected chi connectivity index (χ2v) is 19.0. The molecule has 0 spiro atoms. The van der Waals surface area contributed by atoms with Gasteiger partial charge in [-0.25, -0.2) is 10.2 Å². The molecule has 16 heteroatoms. The summed E-state index contributed by atoms with van der Waals surface area (Å²) in [5, 5.41) is 16.6. The van der Waals surface area contributed by atoms with Crippen LogP contribution in [-0.2, 0) is 46.4 Å². The van der Waals surface area contributed by atoms with Crippen LogP contribution in [0.5, 0.6) is 5.75 Å². The number of methoxy groups -OCH3 is 2. The summed E-state index contributed by atoms with van der Waals surface area (Å²) in [4.78, 5) is 77.5. The highest BCUT2D eigenvalue weighted by Crippen LogP contribution is 2.57. The number of likely N-dealkylation sites (tertiary alicyclic amines) is 1. The van der Waals surface area contributed by atoms with Crippen LogP contribution in [0.25, 0.3) is 33.3 Å². The third-order valence-electron chi connectivity index (χ3n) is 13.9. The summed E-state index contributed by atoms with van der Waals surface area (Å²) in [5.74, 6) is -3.16. The fraction of sp³-hybridized carbons (Fsp3) is 0.480. The monoisotopic (exact) mass is 903 g/mol. The number of aromatic nitrogens is 2. The van der Waals surface area contributed by atoms with Crippen molar-refractivity contribution in [3.63, 3.8) is 0 Å². The minimum Gasteiger partial charge on any atom is -0.508 e. The predicted octanol–water partition coefficient (Wildman–Crippen LogP) is 6.07. The first kappa shape index (κ1) is 46.3. The van der Waals surface area contributed by atoms with Crippen molar-refractivity contribution in [1.82, 2.24) is 35.1 Å². The number of nitrogens with zero attached hydrogens (tertiary/aromatic N) is 5. The molecule has 8 rings (SSSR count). The molecule has 2 aromatic carbocycles. The first-order valence-electron chi connectivity index (χ1n) is 22.8. The normalized spacial score (nSPS) is 23.7. The van der Waals surface area contributed by atoms with Crippen LogP contribution in [0, 0.1) is 17.3 Å². The highest BCUT2D eigenvalue weighted by atomic mass is 16.5. The van der Waals surface area contributed by atoms with Crippen LogP contribution < -0.4 is 10.7 Å². The standard InChI is InChI=1S/C50H61N7O9/c1-10-56-38-16-15-30-23-34(38)39-40(44(64-8)41-33(43(39)56)13-11-17-51-41)50(5,6)26-66-48(62)36-14-12-18-57(53-36)47(61)37(21-29-19-31(30)22-32(58)20-29)52-45(59)42(27(2)3)54(7)46(60)35-25-55(24-28(35)4)49(63)65-9/h11,13,15-17,19-20,22-23,28,35-37,40,44,53,58H,10,12,14,18,21,24-26H2,1-9H3,(H,52,59)/t28-,35+,36-,37-,40?,44-/m0/s1. The number of allylic oxidation sites excluding steroid dienone is 1. The number of ether oxygens (including phenoxy) is 3. The Balaban J connectivity index is 1.22. The Morgan fingerprint density at radius 1 is 1.06 bits per heavy atom. The first-order valence-corrected chi connectivity index (χ1v) is 22.8. The van der Waals surface area contributed by atoms with Gasteiger partial charge in [-0.2, -0.15) is 0 Å². The molecule has 2 fully saturated rings. The number of fused-ring (bicyclic) bond motifs is 8. The number of phenolic OH excluding ortho intramolecular Hbond substituents is 1. The minimum absolute atomic E-state index is 0.0259. The van der Waals surface area contributed by atoms with Crippen molar-refractivity contribution in [3.05, 3.63) is 82.8 Å². The topological polar surface area (TPSA) is 185 Å². The lowest BCUT2D eigenvalue weighted by atomic mass is 9.67. The van der Waals surface area contributed by atoms with Crippen molar-refractivity contribution in [1.29, 1.82) is 0 Å². The molecule has 4 aliphatic rings. The van der Waals surface area contributed by atoms with E-state index in [-0.39, 0.29) is 55.3 Å². The molecule has 5 heterocycles. The van der Waals surface area contributed by atoms with E-state index in [9.17, 15) is 29.1 Å². The maximum Gasteiger partial charge on any atom is 0.409 e. The van der Waals surface area contributed by atoms with Gasteiger partial charge in [0.1, 0.15) is 29.6 Å². The van der Waals surface area contributed by atoms with Crippen LogP contribution in [0.4, 0.5) is 4.79 Å². The SMILES string of the molecule is CCn1c2c3c4cc(ccc41)-c1cc(O)cc(c1)C[C@H](NC(=O)C(=C(C)C)N(C)C(=O)[C@@H]1CN(C(=O)OC)C[C@@H]1C)C(=O)N1CCC[C@H](N1)C(=O)OCC(C)(C)C3[C@H](OC)c1ncccc1-2. The number of hydrogen-bond donors (Lipinski definition) is 3. The maximum atomic E-state index is 14.8. The molecule has 1 unspecified atom stereocenters. The number of esters is 1. The van der Waals surface area contributed by atoms with E-state index >= 15 is 0 Å². The Kier molecular flexibility index (Phi) is 12.8. The van der Waals surface area contributed by atoms with Crippen LogP contribution in [-0.4, -0.2) is 119 Å². The lowest BCUT2D eigenvalue weighted by molar-refractivity contribution is -0.156. The molecule has 4 aromatic rings. The number of benzene rings is 2. The molecule has 2 saturated heterocycles. The molecule has 16 nitrogen and oxygen atoms in total. The number of aryl methyl sites for hydroxylation is 1. The molecule has 1 aliphatic carbocycles. The van der Waals surface area contributed by atoms with E-state index < -0.39 is 53.4 Å². The molecule has 6 atom stereocenters. The zero-order valence-corrected chi connectivity index (χ0v) is 39.3. The van der Waals surface area contributed by atoms with E-state index in [0.717, 1.165) is 39.0 Å². The van der Waals surface area contributed by atoms with Gasteiger partial charge in [0.15, 0.2) is 0 Å². The number of pyridine rings is 1. The number of carbonyl (C=O) groups excluding carboxylic acids is 5. The lowest BCUT2D eigenvalue weighted by Gasteiger charge is -2.42. The maximum absolute atomic E-state index is 14.8. The largest absolute Gasteiger partial charge is 0.508 e. The van der Waals surface area contributed by atoms with Crippen molar-refractivity contribution in [2.75, 3.05) is 47.5 Å². The summed E-state index contributed by atoms with van der Waals surface area (Å²) in [5.41, 5.74) is 9.97. The number of phenols is 1. The highest BCUT2D eigenvalue weighted by Gasteiger charge is 2.48. The summed E-state index contributed by atoms with van der Waals surface area (Å²) in [6.45, 7) is 13.0. The highest BCUT2D eigenvalue weighted by molar-refractivity contribution is 6.01. The van der Waals surface area contributed by atoms with E-state index in [1.54, 1.807) is 39.3 Å². The van der Waals surface area contributed by atoms with Gasteiger partial charge < -0.3 is 39.0 Å². The van der Waals surface area contributed by atoms with E-state index in [1.165, 1.54) is 29.0 Å². The van der Waals surface area contributed by atoms with Crippen molar-refractivity contribution in [3.8, 4) is 28.1 Å². The number of hydrazine groups is 1. The summed E-state index contributed by atoms with van der Waals surface area (Å²) >= 11 is 0. The van der Waals surface area contributed by atoms with Gasteiger partial charge in [0.25, 0.3) is 11.8 Å². The Morgan fingerprint density at radius 3 is 2.55 bits per heavy atom. The molecule has 4 amide bonds. The minimum atomic E-state index is -1.21. The van der Waals surface area contributed by atoms with E-state index in [2.05, 4.69) is 54.3 Å². The smallest absolute Gasteiger partial charge is 0.409 e. The molecule has 350 valence electrons. The molecule has 66 heavy (non-hydrogen) atoms. The average Bonchev–Trinajstić information content (AvgIpc) is 3.85. The summed E-state index contributed by atoms with van der Waals surface area (Å²) in [7, 11) is 4.49. The van der Waals surface area contributed by atoms with Crippen molar-refractivity contribution in [2.45, 2.75) is 91.5 Å². The van der Waals surface area contributed by atoms with E-state index in [1.807, 2.05) is 25.1 Å². The average molecular weight is 904 g/mol. The van der Waals surface area contributed by atoms with Gasteiger partial charge in [0.05, 0.1) is 31.0 Å². The number of cyclic esters (lactones) is 1. The zero-order chi connectivity index (χ0) is 47.4. The van der Waals surface area contributed by atoms with Crippen LogP contribution in [0.2, 0.25) is 0 Å². The second-order valence-electron chi connectivity index (χ2n) is 19.0. The van der Waals surface area contributed by atoms with E-state index in [4.69, 9.17) is 19.2 Å². The van der Waals surface area contributed by atoms with Gasteiger partial charge in [-0.05, 0) is 104 Å². The van der Waals surface area contributed by atoms with Gasteiger partial charge in [-0.3, -0.25) is 29.2 Å². The van der Waals surface area contributed by atoms with Gasteiger partial charge in [0, 0.05) is 80.8 Å². The molecule has 3 N–H and O–H groups in total. The summed E-state index contributed by atoms with van der Waals surface area (Å²) in [6.07, 6.45) is 1.63. The Hall–Kier alpha value is -6.26. The molecular weight excluding hydrogens is 843 g/mol. The van der Waals surface area contributed by atoms with Gasteiger partial charge in [0.2, 0.25) is 5.91 Å². The number of carbonyl (C=O) groups is 5. The number of aromatic hydroxyl groups is 1. The molecule has 0 saturated carbocycles. The zero-order valence-electron chi connectivity index (χ0n) is 39.3. The van der Waals surface area contributed by atoms with Crippen LogP contribution >= 0.6 is 0 Å². The van der Waals surface area contributed by atoms with Crippen molar-refractivity contribution < 1.29 is 43.3 Å². The molecule has 2 aromatic heterocycles.